The molecule has 0 saturated carbocycles. The number of carboxylic acid groups (broad SMARTS) is 1. The second-order valence-corrected chi connectivity index (χ2v) is 9.97. The average Bonchev–Trinajstić information content (AvgIpc) is 3.48. The summed E-state index contributed by atoms with van der Waals surface area (Å²) in [7, 11) is 0. The molecule has 0 fully saturated rings. The molecule has 0 aliphatic heterocycles. The smallest absolute Gasteiger partial charge is 0.326 e. The van der Waals surface area contributed by atoms with Crippen molar-refractivity contribution in [2.24, 2.45) is 11.5 Å². The third-order valence-corrected chi connectivity index (χ3v) is 6.55. The number of nitrogens with zero attached hydrogens (tertiary/aromatic N) is 1. The lowest BCUT2D eigenvalue weighted by Crippen LogP contribution is -2.58. The van der Waals surface area contributed by atoms with Crippen LogP contribution in [0.5, 0.6) is 5.75 Å². The number of primary amides is 1. The van der Waals surface area contributed by atoms with Crippen LogP contribution in [0.1, 0.15) is 29.7 Å². The Balaban J connectivity index is 1.77. The van der Waals surface area contributed by atoms with Crippen LogP contribution in [-0.4, -0.2) is 73.9 Å². The minimum atomic E-state index is -1.38. The van der Waals surface area contributed by atoms with E-state index in [4.69, 9.17) is 11.5 Å². The Bertz CT molecular complexity index is 1380. The van der Waals surface area contributed by atoms with Crippen LogP contribution in [0, 0.1) is 0 Å². The molecule has 4 amide bonds. The van der Waals surface area contributed by atoms with Crippen LogP contribution in [0.4, 0.5) is 0 Å². The van der Waals surface area contributed by atoms with Crippen molar-refractivity contribution in [1.29, 1.82) is 0 Å². The Hall–Kier alpha value is -5.24. The SMILES string of the molecule is NC(=O)CCC(NC(=O)C(Cc1ccccc1)NC(=O)C(N)Cc1cnc[nH]1)C(=O)NC(Cc1ccc(O)cc1)C(=O)O. The topological polar surface area (TPSA) is 243 Å². The summed E-state index contributed by atoms with van der Waals surface area (Å²) in [5.41, 5.74) is 13.2. The van der Waals surface area contributed by atoms with Gasteiger partial charge in [0.25, 0.3) is 0 Å². The number of imidazole rings is 1. The van der Waals surface area contributed by atoms with Crippen LogP contribution in [0.2, 0.25) is 0 Å². The quantitative estimate of drug-likeness (QED) is 0.104. The number of aromatic hydroxyl groups is 1. The number of nitrogens with one attached hydrogen (secondary N) is 4. The van der Waals surface area contributed by atoms with E-state index in [9.17, 15) is 34.2 Å². The van der Waals surface area contributed by atoms with Gasteiger partial charge in [0, 0.05) is 37.6 Å². The minimum Gasteiger partial charge on any atom is -0.508 e. The second kappa shape index (κ2) is 15.7. The number of carbonyl (C=O) groups is 5. The van der Waals surface area contributed by atoms with Crippen LogP contribution in [0.15, 0.2) is 67.1 Å². The van der Waals surface area contributed by atoms with E-state index >= 15 is 0 Å². The van der Waals surface area contributed by atoms with E-state index in [-0.39, 0.29) is 37.9 Å². The molecule has 0 saturated heterocycles. The molecule has 0 bridgehead atoms. The first-order valence-electron chi connectivity index (χ1n) is 13.5. The number of phenols is 1. The van der Waals surface area contributed by atoms with Crippen molar-refractivity contribution < 1.29 is 34.2 Å². The van der Waals surface area contributed by atoms with E-state index < -0.39 is 53.8 Å². The van der Waals surface area contributed by atoms with Gasteiger partial charge in [-0.2, -0.15) is 0 Å². The van der Waals surface area contributed by atoms with Gasteiger partial charge in [0.1, 0.15) is 23.9 Å². The average molecular weight is 594 g/mol. The number of aliphatic carboxylic acids is 1. The van der Waals surface area contributed by atoms with Crippen molar-refractivity contribution in [2.75, 3.05) is 0 Å². The molecular weight excluding hydrogens is 558 g/mol. The van der Waals surface area contributed by atoms with E-state index in [0.717, 1.165) is 0 Å². The number of nitrogens with two attached hydrogens (primary N) is 2. The van der Waals surface area contributed by atoms with E-state index in [1.54, 1.807) is 30.3 Å². The van der Waals surface area contributed by atoms with Gasteiger partial charge in [-0.3, -0.25) is 19.2 Å². The summed E-state index contributed by atoms with van der Waals surface area (Å²) in [5, 5.41) is 26.8. The van der Waals surface area contributed by atoms with Gasteiger partial charge in [-0.05, 0) is 29.7 Å². The zero-order valence-electron chi connectivity index (χ0n) is 23.2. The number of phenolic OH excluding ortho intramolecular Hbond substituents is 1. The second-order valence-electron chi connectivity index (χ2n) is 9.97. The van der Waals surface area contributed by atoms with Gasteiger partial charge in [0.15, 0.2) is 0 Å². The molecule has 228 valence electrons. The maximum Gasteiger partial charge on any atom is 0.326 e. The van der Waals surface area contributed by atoms with Crippen molar-refractivity contribution in [3.05, 3.63) is 83.9 Å². The van der Waals surface area contributed by atoms with Gasteiger partial charge >= 0.3 is 5.97 Å². The Morgan fingerprint density at radius 3 is 1.98 bits per heavy atom. The molecule has 3 rings (SSSR count). The lowest BCUT2D eigenvalue weighted by Gasteiger charge is -2.25. The highest BCUT2D eigenvalue weighted by molar-refractivity contribution is 5.94. The fourth-order valence-electron chi connectivity index (χ4n) is 4.23. The number of H-pyrrole nitrogens is 1. The van der Waals surface area contributed by atoms with Crippen molar-refractivity contribution in [3.8, 4) is 5.75 Å². The van der Waals surface area contributed by atoms with Crippen LogP contribution in [-0.2, 0) is 43.2 Å². The molecule has 14 nitrogen and oxygen atoms in total. The number of hydrogen-bond acceptors (Lipinski definition) is 8. The Labute approximate surface area is 247 Å². The molecule has 0 radical (unpaired) electrons. The fourth-order valence-corrected chi connectivity index (χ4v) is 4.23. The number of benzene rings is 2. The lowest BCUT2D eigenvalue weighted by molar-refractivity contribution is -0.142. The summed E-state index contributed by atoms with van der Waals surface area (Å²) in [6.45, 7) is 0. The molecule has 14 heteroatoms. The minimum absolute atomic E-state index is 0.00620. The lowest BCUT2D eigenvalue weighted by atomic mass is 10.0. The zero-order chi connectivity index (χ0) is 31.4. The monoisotopic (exact) mass is 593 g/mol. The predicted octanol–water partition coefficient (Wildman–Crippen LogP) is -0.725. The molecule has 0 aliphatic rings. The molecule has 0 spiro atoms. The summed E-state index contributed by atoms with van der Waals surface area (Å²) >= 11 is 0. The zero-order valence-corrected chi connectivity index (χ0v) is 23.2. The highest BCUT2D eigenvalue weighted by atomic mass is 16.4. The maximum absolute atomic E-state index is 13.5. The molecule has 1 aromatic heterocycles. The van der Waals surface area contributed by atoms with Crippen molar-refractivity contribution in [2.45, 2.75) is 56.3 Å². The summed E-state index contributed by atoms with van der Waals surface area (Å²) in [4.78, 5) is 69.9. The van der Waals surface area contributed by atoms with Crippen molar-refractivity contribution in [3.63, 3.8) is 0 Å². The Kier molecular flexibility index (Phi) is 11.8. The van der Waals surface area contributed by atoms with E-state index in [0.29, 0.717) is 16.8 Å². The van der Waals surface area contributed by atoms with Crippen molar-refractivity contribution in [1.82, 2.24) is 25.9 Å². The number of hydrogen-bond donors (Lipinski definition) is 8. The number of rotatable bonds is 16. The van der Waals surface area contributed by atoms with Gasteiger partial charge in [-0.15, -0.1) is 0 Å². The van der Waals surface area contributed by atoms with Crippen LogP contribution in [0.25, 0.3) is 0 Å². The highest BCUT2D eigenvalue weighted by Crippen LogP contribution is 2.12. The molecule has 2 aromatic carbocycles. The van der Waals surface area contributed by atoms with Crippen LogP contribution < -0.4 is 27.4 Å². The first-order chi connectivity index (χ1) is 20.5. The Morgan fingerprint density at radius 1 is 0.791 bits per heavy atom. The number of amides is 4. The number of aromatic nitrogens is 2. The summed E-state index contributed by atoms with van der Waals surface area (Å²) in [6, 6.07) is 9.70. The van der Waals surface area contributed by atoms with Crippen LogP contribution >= 0.6 is 0 Å². The third kappa shape index (κ3) is 10.6. The number of aromatic amines is 1. The largest absolute Gasteiger partial charge is 0.508 e. The molecule has 3 aromatic rings. The van der Waals surface area contributed by atoms with E-state index in [2.05, 4.69) is 25.9 Å². The Morgan fingerprint density at radius 2 is 1.37 bits per heavy atom. The molecule has 10 N–H and O–H groups in total. The molecule has 0 aliphatic carbocycles. The normalized spacial score (nSPS) is 13.6. The predicted molar refractivity (Wildman–Crippen MR) is 154 cm³/mol. The van der Waals surface area contributed by atoms with Crippen molar-refractivity contribution >= 4 is 29.6 Å². The van der Waals surface area contributed by atoms with Gasteiger partial charge in [0.05, 0.1) is 12.4 Å². The van der Waals surface area contributed by atoms with Gasteiger partial charge in [0.2, 0.25) is 23.6 Å². The summed E-state index contributed by atoms with van der Waals surface area (Å²) in [5.74, 6) is -4.30. The van der Waals surface area contributed by atoms with E-state index in [1.165, 1.54) is 36.8 Å². The van der Waals surface area contributed by atoms with E-state index in [1.807, 2.05) is 0 Å². The van der Waals surface area contributed by atoms with Gasteiger partial charge in [-0.1, -0.05) is 42.5 Å². The molecular formula is C29H35N7O7. The first-order valence-corrected chi connectivity index (χ1v) is 13.5. The van der Waals surface area contributed by atoms with Gasteiger partial charge in [-0.25, -0.2) is 9.78 Å². The fraction of sp³-hybridized carbons (Fsp3) is 0.310. The van der Waals surface area contributed by atoms with Crippen LogP contribution in [0.3, 0.4) is 0 Å². The third-order valence-electron chi connectivity index (χ3n) is 6.55. The molecule has 1 heterocycles. The molecule has 43 heavy (non-hydrogen) atoms. The maximum atomic E-state index is 13.5. The van der Waals surface area contributed by atoms with Gasteiger partial charge < -0.3 is 42.6 Å². The summed E-state index contributed by atoms with van der Waals surface area (Å²) in [6.07, 6.45) is 2.55. The first kappa shape index (κ1) is 32.3. The molecule has 4 atom stereocenters. The summed E-state index contributed by atoms with van der Waals surface area (Å²) < 4.78 is 0. The number of carboxylic acids is 1. The standard InChI is InChI=1S/C29H35N7O7/c30-21(14-19-15-32-16-33-19)26(39)35-23(12-17-4-2-1-3-5-17)28(41)34-22(10-11-25(31)38)27(40)36-24(29(42)43)13-18-6-8-20(37)9-7-18/h1-9,15-16,21-24,37H,10-14,30H2,(H2,31,38)(H,32,33)(H,34,41)(H,35,39)(H,36,40)(H,42,43). The number of carbonyl (C=O) groups excluding carboxylic acids is 4. The molecule has 4 unspecified atom stereocenters. The highest BCUT2D eigenvalue weighted by Gasteiger charge is 2.31.